The number of carbonyl (C=O) groups excluding carboxylic acids is 1. The first-order valence-electron chi connectivity index (χ1n) is 9.49. The van der Waals surface area contributed by atoms with Crippen LogP contribution in [-0.2, 0) is 6.42 Å². The van der Waals surface area contributed by atoms with Gasteiger partial charge in [-0.3, -0.25) is 4.79 Å². The molecule has 2 aromatic rings. The quantitative estimate of drug-likeness (QED) is 0.816. The Kier molecular flexibility index (Phi) is 6.71. The van der Waals surface area contributed by atoms with Crippen molar-refractivity contribution >= 4 is 5.91 Å². The molecular formula is C22H28N2O3. The highest BCUT2D eigenvalue weighted by molar-refractivity contribution is 5.98. The van der Waals surface area contributed by atoms with Gasteiger partial charge in [0, 0.05) is 19.1 Å². The van der Waals surface area contributed by atoms with E-state index >= 15 is 0 Å². The number of hydrogen-bond donors (Lipinski definition) is 1. The molecule has 2 aromatic carbocycles. The maximum atomic E-state index is 12.8. The van der Waals surface area contributed by atoms with Crippen LogP contribution in [0.15, 0.2) is 48.5 Å². The zero-order valence-electron chi connectivity index (χ0n) is 16.1. The number of amides is 1. The lowest BCUT2D eigenvalue weighted by Crippen LogP contribution is -2.48. The lowest BCUT2D eigenvalue weighted by Gasteiger charge is -2.33. The van der Waals surface area contributed by atoms with Crippen molar-refractivity contribution in [3.05, 3.63) is 59.7 Å². The van der Waals surface area contributed by atoms with Crippen molar-refractivity contribution in [2.75, 3.05) is 33.9 Å². The van der Waals surface area contributed by atoms with Gasteiger partial charge < -0.3 is 19.7 Å². The first kappa shape index (κ1) is 19.2. The van der Waals surface area contributed by atoms with Gasteiger partial charge in [-0.1, -0.05) is 36.4 Å². The number of nitrogens with zero attached hydrogens (tertiary/aromatic N) is 1. The maximum Gasteiger partial charge on any atom is 0.255 e. The van der Waals surface area contributed by atoms with Crippen LogP contribution in [0.3, 0.4) is 0 Å². The summed E-state index contributed by atoms with van der Waals surface area (Å²) in [6, 6.07) is 16.1. The molecule has 0 spiro atoms. The summed E-state index contributed by atoms with van der Waals surface area (Å²) in [5.74, 6) is 0.938. The van der Waals surface area contributed by atoms with Gasteiger partial charge in [-0.2, -0.15) is 0 Å². The van der Waals surface area contributed by atoms with E-state index in [1.807, 2.05) is 12.1 Å². The van der Waals surface area contributed by atoms with Crippen LogP contribution in [0.4, 0.5) is 0 Å². The van der Waals surface area contributed by atoms with Gasteiger partial charge in [0.2, 0.25) is 0 Å². The molecule has 0 bridgehead atoms. The highest BCUT2D eigenvalue weighted by Crippen LogP contribution is 2.30. The molecule has 1 heterocycles. The molecule has 144 valence electrons. The number of methoxy groups -OCH3 is 2. The second kappa shape index (κ2) is 9.42. The molecule has 1 saturated heterocycles. The molecule has 3 rings (SSSR count). The third-order valence-corrected chi connectivity index (χ3v) is 5.05. The van der Waals surface area contributed by atoms with Crippen LogP contribution in [0.2, 0.25) is 0 Å². The number of benzene rings is 2. The summed E-state index contributed by atoms with van der Waals surface area (Å²) in [5, 5.41) is 3.17. The molecule has 1 atom stereocenters. The molecule has 5 nitrogen and oxygen atoms in total. The Labute approximate surface area is 161 Å². The van der Waals surface area contributed by atoms with Gasteiger partial charge in [0.25, 0.3) is 5.91 Å². The monoisotopic (exact) mass is 368 g/mol. The fourth-order valence-electron chi connectivity index (χ4n) is 3.64. The van der Waals surface area contributed by atoms with Crippen molar-refractivity contribution in [3.8, 4) is 11.5 Å². The van der Waals surface area contributed by atoms with Gasteiger partial charge in [0.05, 0.1) is 19.8 Å². The van der Waals surface area contributed by atoms with Gasteiger partial charge >= 0.3 is 0 Å². The van der Waals surface area contributed by atoms with E-state index in [1.54, 1.807) is 26.4 Å². The highest BCUT2D eigenvalue weighted by Gasteiger charge is 2.23. The summed E-state index contributed by atoms with van der Waals surface area (Å²) in [5.41, 5.74) is 1.86. The summed E-state index contributed by atoms with van der Waals surface area (Å²) >= 11 is 0. The van der Waals surface area contributed by atoms with Gasteiger partial charge in [-0.25, -0.2) is 0 Å². The molecule has 1 aliphatic heterocycles. The predicted octanol–water partition coefficient (Wildman–Crippen LogP) is 3.14. The van der Waals surface area contributed by atoms with Crippen molar-refractivity contribution in [2.24, 2.45) is 0 Å². The second-order valence-corrected chi connectivity index (χ2v) is 6.89. The summed E-state index contributed by atoms with van der Waals surface area (Å²) in [6.07, 6.45) is 3.13. The minimum atomic E-state index is -0.111. The summed E-state index contributed by atoms with van der Waals surface area (Å²) in [6.45, 7) is 2.98. The van der Waals surface area contributed by atoms with Gasteiger partial charge in [-0.15, -0.1) is 0 Å². The minimum absolute atomic E-state index is 0.111. The van der Waals surface area contributed by atoms with Gasteiger partial charge in [0.1, 0.15) is 0 Å². The molecule has 1 N–H and O–H groups in total. The summed E-state index contributed by atoms with van der Waals surface area (Å²) in [4.78, 5) is 15.2. The van der Waals surface area contributed by atoms with Crippen LogP contribution in [0.5, 0.6) is 11.5 Å². The number of piperidine rings is 1. The molecule has 1 aliphatic rings. The summed E-state index contributed by atoms with van der Waals surface area (Å²) < 4.78 is 10.7. The van der Waals surface area contributed by atoms with Crippen LogP contribution < -0.4 is 14.8 Å². The van der Waals surface area contributed by atoms with Crippen LogP contribution in [0.25, 0.3) is 0 Å². The van der Waals surface area contributed by atoms with Crippen LogP contribution in [0, 0.1) is 0 Å². The number of likely N-dealkylation sites (tertiary alicyclic amines) is 1. The van der Waals surface area contributed by atoms with E-state index in [0.717, 1.165) is 38.9 Å². The lowest BCUT2D eigenvalue weighted by molar-refractivity contribution is 0.0900. The normalized spacial score (nSPS) is 17.3. The first-order valence-corrected chi connectivity index (χ1v) is 9.49. The van der Waals surface area contributed by atoms with E-state index in [0.29, 0.717) is 17.1 Å². The van der Waals surface area contributed by atoms with Gasteiger partial charge in [0.15, 0.2) is 11.5 Å². The zero-order valence-corrected chi connectivity index (χ0v) is 16.1. The maximum absolute atomic E-state index is 12.8. The largest absolute Gasteiger partial charge is 0.493 e. The number of rotatable bonds is 7. The molecule has 0 saturated carbocycles. The Bertz CT molecular complexity index is 748. The average molecular weight is 368 g/mol. The van der Waals surface area contributed by atoms with Crippen molar-refractivity contribution in [2.45, 2.75) is 25.3 Å². The van der Waals surface area contributed by atoms with E-state index in [1.165, 1.54) is 5.56 Å². The van der Waals surface area contributed by atoms with E-state index in [-0.39, 0.29) is 11.9 Å². The van der Waals surface area contributed by atoms with Crippen LogP contribution in [-0.4, -0.2) is 50.7 Å². The second-order valence-electron chi connectivity index (χ2n) is 6.89. The molecule has 0 aromatic heterocycles. The summed E-state index contributed by atoms with van der Waals surface area (Å²) in [7, 11) is 3.13. The molecule has 0 aliphatic carbocycles. The predicted molar refractivity (Wildman–Crippen MR) is 107 cm³/mol. The third-order valence-electron chi connectivity index (χ3n) is 5.05. The number of nitrogens with one attached hydrogen (secondary N) is 1. The Balaban J connectivity index is 1.58. The molecule has 1 amide bonds. The van der Waals surface area contributed by atoms with E-state index in [4.69, 9.17) is 9.47 Å². The standard InChI is InChI=1S/C22H28N2O3/c1-26-20-12-6-11-19(21(20)27-2)22(25)23-18-10-7-14-24(16-18)15-13-17-8-4-3-5-9-17/h3-6,8-9,11-12,18H,7,10,13-16H2,1-2H3,(H,23,25). The Morgan fingerprint density at radius 2 is 1.93 bits per heavy atom. The average Bonchev–Trinajstić information content (AvgIpc) is 2.72. The number of para-hydroxylation sites is 1. The minimum Gasteiger partial charge on any atom is -0.493 e. The lowest BCUT2D eigenvalue weighted by atomic mass is 10.0. The fourth-order valence-corrected chi connectivity index (χ4v) is 3.64. The van der Waals surface area contributed by atoms with Crippen LogP contribution >= 0.6 is 0 Å². The molecule has 27 heavy (non-hydrogen) atoms. The molecule has 5 heteroatoms. The molecule has 1 unspecified atom stereocenters. The van der Waals surface area contributed by atoms with E-state index in [2.05, 4.69) is 34.5 Å². The first-order chi connectivity index (χ1) is 13.2. The van der Waals surface area contributed by atoms with Crippen molar-refractivity contribution in [1.82, 2.24) is 10.2 Å². The van der Waals surface area contributed by atoms with Crippen molar-refractivity contribution in [1.29, 1.82) is 0 Å². The van der Waals surface area contributed by atoms with E-state index in [9.17, 15) is 4.79 Å². The Morgan fingerprint density at radius 3 is 2.67 bits per heavy atom. The number of ether oxygens (including phenoxy) is 2. The van der Waals surface area contributed by atoms with Crippen molar-refractivity contribution in [3.63, 3.8) is 0 Å². The topological polar surface area (TPSA) is 50.8 Å². The van der Waals surface area contributed by atoms with E-state index < -0.39 is 0 Å². The fraction of sp³-hybridized carbons (Fsp3) is 0.409. The Morgan fingerprint density at radius 1 is 1.11 bits per heavy atom. The number of hydrogen-bond acceptors (Lipinski definition) is 4. The highest BCUT2D eigenvalue weighted by atomic mass is 16.5. The Hall–Kier alpha value is -2.53. The SMILES string of the molecule is COc1cccc(C(=O)NC2CCCN(CCc3ccccc3)C2)c1OC. The van der Waals surface area contributed by atoms with Crippen LogP contribution in [0.1, 0.15) is 28.8 Å². The van der Waals surface area contributed by atoms with Crippen molar-refractivity contribution < 1.29 is 14.3 Å². The number of carbonyl (C=O) groups is 1. The molecule has 1 fully saturated rings. The zero-order chi connectivity index (χ0) is 19.1. The molecular weight excluding hydrogens is 340 g/mol. The molecule has 0 radical (unpaired) electrons. The van der Waals surface area contributed by atoms with Gasteiger partial charge in [-0.05, 0) is 43.5 Å². The third kappa shape index (κ3) is 5.01. The smallest absolute Gasteiger partial charge is 0.255 e.